The van der Waals surface area contributed by atoms with E-state index in [0.717, 1.165) is 33.9 Å². The number of nitrogens with zero attached hydrogens (tertiary/aromatic N) is 1. The standard InChI is InChI=1S/C33H29F3N2O2/c1-3-40-32-26(15-9-17-28(32)39-2)30(37)23-13-7-12-22(19-23)29-24(18-21-10-5-4-6-11-21)20-38-31-25(29)14-8-16-27(31)33(34,35)36/h4-17,19-20,30H,3,18,37H2,1-2H3. The number of methoxy groups -OCH3 is 1. The summed E-state index contributed by atoms with van der Waals surface area (Å²) < 4.78 is 53.2. The van der Waals surface area contributed by atoms with Crippen LogP contribution in [0.15, 0.2) is 97.2 Å². The van der Waals surface area contributed by atoms with E-state index in [0.29, 0.717) is 35.5 Å². The number of pyridine rings is 1. The van der Waals surface area contributed by atoms with Crippen LogP contribution in [0.25, 0.3) is 22.0 Å². The van der Waals surface area contributed by atoms with Gasteiger partial charge in [-0.25, -0.2) is 0 Å². The molecule has 5 rings (SSSR count). The van der Waals surface area contributed by atoms with Crippen molar-refractivity contribution in [3.63, 3.8) is 0 Å². The summed E-state index contributed by atoms with van der Waals surface area (Å²) >= 11 is 0. The van der Waals surface area contributed by atoms with E-state index in [-0.39, 0.29) is 5.52 Å². The van der Waals surface area contributed by atoms with Crippen LogP contribution in [-0.4, -0.2) is 18.7 Å². The molecule has 1 atom stereocenters. The smallest absolute Gasteiger partial charge is 0.418 e. The lowest BCUT2D eigenvalue weighted by Crippen LogP contribution is -2.14. The third-order valence-electron chi connectivity index (χ3n) is 6.91. The molecule has 7 heteroatoms. The molecule has 0 aliphatic carbocycles. The van der Waals surface area contributed by atoms with Crippen molar-refractivity contribution < 1.29 is 22.6 Å². The Bertz CT molecular complexity index is 1640. The number of ether oxygens (including phenoxy) is 2. The molecule has 40 heavy (non-hydrogen) atoms. The summed E-state index contributed by atoms with van der Waals surface area (Å²) in [4.78, 5) is 4.31. The van der Waals surface area contributed by atoms with Gasteiger partial charge in [0.15, 0.2) is 11.5 Å². The lowest BCUT2D eigenvalue weighted by Gasteiger charge is -2.21. The number of aromatic nitrogens is 1. The topological polar surface area (TPSA) is 57.4 Å². The van der Waals surface area contributed by atoms with Crippen molar-refractivity contribution in [3.05, 3.63) is 125 Å². The Hall–Kier alpha value is -4.36. The molecule has 204 valence electrons. The number of hydrogen-bond acceptors (Lipinski definition) is 4. The van der Waals surface area contributed by atoms with Gasteiger partial charge in [0, 0.05) is 17.1 Å². The van der Waals surface area contributed by atoms with E-state index in [1.807, 2.05) is 79.7 Å². The van der Waals surface area contributed by atoms with Crippen molar-refractivity contribution in [2.24, 2.45) is 5.73 Å². The fourth-order valence-corrected chi connectivity index (χ4v) is 5.09. The highest BCUT2D eigenvalue weighted by atomic mass is 19.4. The SMILES string of the molecule is CCOc1c(OC)cccc1C(N)c1cccc(-c2c(Cc3ccccc3)cnc3c(C(F)(F)F)cccc23)c1. The molecule has 1 aromatic heterocycles. The van der Waals surface area contributed by atoms with Crippen molar-refractivity contribution >= 4 is 10.9 Å². The molecule has 0 amide bonds. The molecule has 0 bridgehead atoms. The second-order valence-corrected chi connectivity index (χ2v) is 9.44. The van der Waals surface area contributed by atoms with Gasteiger partial charge in [0.25, 0.3) is 0 Å². The number of halogens is 3. The lowest BCUT2D eigenvalue weighted by atomic mass is 9.89. The van der Waals surface area contributed by atoms with Gasteiger partial charge in [-0.3, -0.25) is 4.98 Å². The quantitative estimate of drug-likeness (QED) is 0.216. The number of rotatable bonds is 8. The van der Waals surface area contributed by atoms with Gasteiger partial charge in [-0.05, 0) is 59.4 Å². The molecule has 0 aliphatic rings. The zero-order chi connectivity index (χ0) is 28.3. The fraction of sp³-hybridized carbons (Fsp3) is 0.182. The molecule has 1 heterocycles. The zero-order valence-corrected chi connectivity index (χ0v) is 22.2. The molecule has 0 fully saturated rings. The first-order valence-corrected chi connectivity index (χ1v) is 13.0. The molecule has 2 N–H and O–H groups in total. The number of hydrogen-bond donors (Lipinski definition) is 1. The summed E-state index contributed by atoms with van der Waals surface area (Å²) in [6, 6.07) is 26.6. The van der Waals surface area contributed by atoms with Crippen LogP contribution in [-0.2, 0) is 12.6 Å². The number of para-hydroxylation sites is 2. The third kappa shape index (κ3) is 5.38. The molecule has 4 nitrogen and oxygen atoms in total. The molecule has 0 spiro atoms. The molecule has 0 saturated carbocycles. The zero-order valence-electron chi connectivity index (χ0n) is 22.2. The molecule has 4 aromatic carbocycles. The fourth-order valence-electron chi connectivity index (χ4n) is 5.09. The third-order valence-corrected chi connectivity index (χ3v) is 6.91. The highest BCUT2D eigenvalue weighted by molar-refractivity contribution is 5.98. The van der Waals surface area contributed by atoms with Crippen LogP contribution < -0.4 is 15.2 Å². The van der Waals surface area contributed by atoms with E-state index < -0.39 is 17.8 Å². The monoisotopic (exact) mass is 542 g/mol. The maximum atomic E-state index is 13.9. The summed E-state index contributed by atoms with van der Waals surface area (Å²) in [6.45, 7) is 2.33. The van der Waals surface area contributed by atoms with Crippen LogP contribution in [0.5, 0.6) is 11.5 Å². The van der Waals surface area contributed by atoms with E-state index in [2.05, 4.69) is 4.98 Å². The summed E-state index contributed by atoms with van der Waals surface area (Å²) in [7, 11) is 1.58. The Labute approximate surface area is 231 Å². The van der Waals surface area contributed by atoms with Crippen molar-refractivity contribution in [3.8, 4) is 22.6 Å². The second-order valence-electron chi connectivity index (χ2n) is 9.44. The van der Waals surface area contributed by atoms with Crippen molar-refractivity contribution in [2.75, 3.05) is 13.7 Å². The van der Waals surface area contributed by atoms with E-state index in [9.17, 15) is 13.2 Å². The molecule has 0 saturated heterocycles. The predicted octanol–water partition coefficient (Wildman–Crippen LogP) is 7.97. The minimum Gasteiger partial charge on any atom is -0.493 e. The van der Waals surface area contributed by atoms with Crippen LogP contribution >= 0.6 is 0 Å². The van der Waals surface area contributed by atoms with E-state index in [1.165, 1.54) is 6.07 Å². The van der Waals surface area contributed by atoms with E-state index in [4.69, 9.17) is 15.2 Å². The summed E-state index contributed by atoms with van der Waals surface area (Å²) in [5.41, 5.74) is 10.8. The number of benzene rings is 4. The average Bonchev–Trinajstić information content (AvgIpc) is 2.96. The maximum absolute atomic E-state index is 13.9. The van der Waals surface area contributed by atoms with Crippen LogP contribution in [0.4, 0.5) is 13.2 Å². The van der Waals surface area contributed by atoms with Gasteiger partial charge in [0.2, 0.25) is 0 Å². The molecule has 5 aromatic rings. The Balaban J connectivity index is 1.69. The Kier molecular flexibility index (Phi) is 7.76. The minimum absolute atomic E-state index is 0.0806. The normalized spacial score (nSPS) is 12.3. The van der Waals surface area contributed by atoms with E-state index in [1.54, 1.807) is 19.4 Å². The molecule has 0 aliphatic heterocycles. The summed E-state index contributed by atoms with van der Waals surface area (Å²) in [6.07, 6.45) is -2.46. The highest BCUT2D eigenvalue weighted by Crippen LogP contribution is 2.41. The van der Waals surface area contributed by atoms with Crippen LogP contribution in [0.2, 0.25) is 0 Å². The molecular weight excluding hydrogens is 513 g/mol. The Morgan fingerprint density at radius 1 is 0.900 bits per heavy atom. The molecule has 1 unspecified atom stereocenters. The van der Waals surface area contributed by atoms with Crippen LogP contribution in [0, 0.1) is 0 Å². The van der Waals surface area contributed by atoms with Gasteiger partial charge in [0.05, 0.1) is 30.8 Å². The Morgan fingerprint density at radius 2 is 1.65 bits per heavy atom. The van der Waals surface area contributed by atoms with Gasteiger partial charge in [-0.2, -0.15) is 13.2 Å². The summed E-state index contributed by atoms with van der Waals surface area (Å²) in [5.74, 6) is 1.15. The first-order valence-electron chi connectivity index (χ1n) is 13.0. The van der Waals surface area contributed by atoms with Crippen LogP contribution in [0.1, 0.15) is 40.8 Å². The van der Waals surface area contributed by atoms with Gasteiger partial charge in [0.1, 0.15) is 0 Å². The van der Waals surface area contributed by atoms with Crippen molar-refractivity contribution in [1.82, 2.24) is 4.98 Å². The first kappa shape index (κ1) is 27.2. The largest absolute Gasteiger partial charge is 0.493 e. The first-order chi connectivity index (χ1) is 19.3. The van der Waals surface area contributed by atoms with Gasteiger partial charge in [-0.15, -0.1) is 0 Å². The average molecular weight is 543 g/mol. The number of fused-ring (bicyclic) bond motifs is 1. The lowest BCUT2D eigenvalue weighted by molar-refractivity contribution is -0.136. The van der Waals surface area contributed by atoms with Crippen molar-refractivity contribution in [1.29, 1.82) is 0 Å². The van der Waals surface area contributed by atoms with Crippen LogP contribution in [0.3, 0.4) is 0 Å². The number of alkyl halides is 3. The Morgan fingerprint density at radius 3 is 2.38 bits per heavy atom. The second kappa shape index (κ2) is 11.4. The summed E-state index contributed by atoms with van der Waals surface area (Å²) in [5, 5.41) is 0.436. The molecular formula is C33H29F3N2O2. The molecule has 0 radical (unpaired) electrons. The highest BCUT2D eigenvalue weighted by Gasteiger charge is 2.33. The van der Waals surface area contributed by atoms with Gasteiger partial charge >= 0.3 is 6.18 Å². The number of nitrogens with two attached hydrogens (primary N) is 1. The van der Waals surface area contributed by atoms with Gasteiger partial charge in [-0.1, -0.05) is 72.8 Å². The van der Waals surface area contributed by atoms with Crippen molar-refractivity contribution in [2.45, 2.75) is 25.6 Å². The predicted molar refractivity (Wildman–Crippen MR) is 152 cm³/mol. The van der Waals surface area contributed by atoms with E-state index >= 15 is 0 Å². The van der Waals surface area contributed by atoms with Gasteiger partial charge < -0.3 is 15.2 Å². The minimum atomic E-state index is -4.53. The maximum Gasteiger partial charge on any atom is 0.418 e.